The molecule has 0 N–H and O–H groups in total. The summed E-state index contributed by atoms with van der Waals surface area (Å²) >= 11 is 0. The van der Waals surface area contributed by atoms with Crippen LogP contribution in [0.25, 0.3) is 0 Å². The van der Waals surface area contributed by atoms with Gasteiger partial charge in [-0.1, -0.05) is 13.8 Å². The predicted octanol–water partition coefficient (Wildman–Crippen LogP) is 2.99. The zero-order chi connectivity index (χ0) is 10.7. The van der Waals surface area contributed by atoms with Crippen molar-refractivity contribution in [2.75, 3.05) is 6.61 Å². The van der Waals surface area contributed by atoms with Gasteiger partial charge in [-0.25, -0.2) is 0 Å². The summed E-state index contributed by atoms with van der Waals surface area (Å²) in [5, 5.41) is 4.42. The van der Waals surface area contributed by atoms with Gasteiger partial charge < -0.3 is 4.74 Å². The summed E-state index contributed by atoms with van der Waals surface area (Å²) in [6.45, 7) is 11.2. The lowest BCUT2D eigenvalue weighted by Crippen LogP contribution is -2.01. The SMILES string of the molecule is CCOc1nn(C(C)C)cc1C(C)C. The van der Waals surface area contributed by atoms with Gasteiger partial charge in [-0.05, 0) is 26.7 Å². The Labute approximate surface area is 86.1 Å². The summed E-state index contributed by atoms with van der Waals surface area (Å²) in [6.07, 6.45) is 2.08. The van der Waals surface area contributed by atoms with Crippen LogP contribution in [0.15, 0.2) is 6.20 Å². The number of rotatable bonds is 4. The van der Waals surface area contributed by atoms with Crippen molar-refractivity contribution in [3.05, 3.63) is 11.8 Å². The standard InChI is InChI=1S/C11H20N2O/c1-6-14-11-10(8(2)3)7-13(12-11)9(4)5/h7-9H,6H2,1-5H3. The Kier molecular flexibility index (Phi) is 3.55. The van der Waals surface area contributed by atoms with Crippen LogP contribution in [0.1, 0.15) is 52.1 Å². The highest BCUT2D eigenvalue weighted by molar-refractivity contribution is 5.26. The van der Waals surface area contributed by atoms with E-state index in [2.05, 4.69) is 39.0 Å². The summed E-state index contributed by atoms with van der Waals surface area (Å²) in [5.74, 6) is 1.25. The lowest BCUT2D eigenvalue weighted by atomic mass is 10.1. The van der Waals surface area contributed by atoms with Crippen molar-refractivity contribution >= 4 is 0 Å². The molecular formula is C11H20N2O. The first-order valence-electron chi connectivity index (χ1n) is 5.28. The fourth-order valence-electron chi connectivity index (χ4n) is 1.30. The van der Waals surface area contributed by atoms with Crippen molar-refractivity contribution in [3.63, 3.8) is 0 Å². The van der Waals surface area contributed by atoms with Crippen LogP contribution in [-0.4, -0.2) is 16.4 Å². The summed E-state index contributed by atoms with van der Waals surface area (Å²) in [5.41, 5.74) is 1.19. The number of ether oxygens (including phenoxy) is 1. The number of nitrogens with zero attached hydrogens (tertiary/aromatic N) is 2. The van der Waals surface area contributed by atoms with Crippen molar-refractivity contribution in [3.8, 4) is 5.88 Å². The summed E-state index contributed by atoms with van der Waals surface area (Å²) in [7, 11) is 0. The van der Waals surface area contributed by atoms with E-state index in [9.17, 15) is 0 Å². The van der Waals surface area contributed by atoms with E-state index in [1.807, 2.05) is 11.6 Å². The van der Waals surface area contributed by atoms with E-state index in [1.54, 1.807) is 0 Å². The minimum Gasteiger partial charge on any atom is -0.477 e. The zero-order valence-electron chi connectivity index (χ0n) is 9.74. The van der Waals surface area contributed by atoms with E-state index in [1.165, 1.54) is 5.56 Å². The fourth-order valence-corrected chi connectivity index (χ4v) is 1.30. The Morgan fingerprint density at radius 3 is 2.43 bits per heavy atom. The molecular weight excluding hydrogens is 176 g/mol. The van der Waals surface area contributed by atoms with E-state index in [-0.39, 0.29) is 0 Å². The third-order valence-electron chi connectivity index (χ3n) is 2.16. The van der Waals surface area contributed by atoms with E-state index in [4.69, 9.17) is 4.74 Å². The second kappa shape index (κ2) is 4.49. The summed E-state index contributed by atoms with van der Waals surface area (Å²) < 4.78 is 7.46. The molecule has 14 heavy (non-hydrogen) atoms. The highest BCUT2D eigenvalue weighted by Crippen LogP contribution is 2.26. The molecule has 80 valence electrons. The Hall–Kier alpha value is -0.990. The van der Waals surface area contributed by atoms with Gasteiger partial charge >= 0.3 is 0 Å². The third-order valence-corrected chi connectivity index (χ3v) is 2.16. The first-order chi connectivity index (χ1) is 6.56. The molecule has 0 bridgehead atoms. The highest BCUT2D eigenvalue weighted by Gasteiger charge is 2.14. The maximum atomic E-state index is 5.50. The maximum absolute atomic E-state index is 5.50. The normalized spacial score (nSPS) is 11.4. The molecule has 0 radical (unpaired) electrons. The lowest BCUT2D eigenvalue weighted by Gasteiger charge is -2.04. The second-order valence-electron chi connectivity index (χ2n) is 4.05. The van der Waals surface area contributed by atoms with Gasteiger partial charge in [0, 0.05) is 17.8 Å². The van der Waals surface area contributed by atoms with Crippen LogP contribution < -0.4 is 4.74 Å². The molecule has 0 fully saturated rings. The molecule has 3 heteroatoms. The average Bonchev–Trinajstić information content (AvgIpc) is 2.49. The summed E-state index contributed by atoms with van der Waals surface area (Å²) in [6, 6.07) is 0.390. The Balaban J connectivity index is 2.99. The molecule has 0 amide bonds. The molecule has 1 rings (SSSR count). The third kappa shape index (κ3) is 2.28. The van der Waals surface area contributed by atoms with Gasteiger partial charge in [0.25, 0.3) is 0 Å². The second-order valence-corrected chi connectivity index (χ2v) is 4.05. The molecule has 3 nitrogen and oxygen atoms in total. The Morgan fingerprint density at radius 1 is 1.36 bits per heavy atom. The van der Waals surface area contributed by atoms with E-state index >= 15 is 0 Å². The van der Waals surface area contributed by atoms with Crippen LogP contribution in [0.5, 0.6) is 5.88 Å². The number of hydrogen-bond donors (Lipinski definition) is 0. The molecule has 0 aliphatic heterocycles. The quantitative estimate of drug-likeness (QED) is 0.740. The molecule has 1 heterocycles. The minimum absolute atomic E-state index is 0.390. The monoisotopic (exact) mass is 196 g/mol. The minimum atomic E-state index is 0.390. The smallest absolute Gasteiger partial charge is 0.236 e. The summed E-state index contributed by atoms with van der Waals surface area (Å²) in [4.78, 5) is 0. The molecule has 0 aromatic carbocycles. The molecule has 0 saturated carbocycles. The molecule has 0 aliphatic rings. The lowest BCUT2D eigenvalue weighted by molar-refractivity contribution is 0.315. The van der Waals surface area contributed by atoms with Gasteiger partial charge in [0.1, 0.15) is 0 Å². The van der Waals surface area contributed by atoms with Crippen molar-refractivity contribution in [2.45, 2.75) is 46.6 Å². The molecule has 0 atom stereocenters. The van der Waals surface area contributed by atoms with Gasteiger partial charge in [0.2, 0.25) is 5.88 Å². The van der Waals surface area contributed by atoms with E-state index < -0.39 is 0 Å². The van der Waals surface area contributed by atoms with E-state index in [0.717, 1.165) is 5.88 Å². The molecule has 0 aliphatic carbocycles. The molecule has 1 aromatic heterocycles. The topological polar surface area (TPSA) is 27.1 Å². The van der Waals surface area contributed by atoms with Crippen LogP contribution in [0.2, 0.25) is 0 Å². The molecule has 0 spiro atoms. The largest absolute Gasteiger partial charge is 0.477 e. The average molecular weight is 196 g/mol. The fraction of sp³-hybridized carbons (Fsp3) is 0.727. The number of aromatic nitrogens is 2. The van der Waals surface area contributed by atoms with Crippen molar-refractivity contribution in [1.82, 2.24) is 9.78 Å². The van der Waals surface area contributed by atoms with Crippen LogP contribution >= 0.6 is 0 Å². The Morgan fingerprint density at radius 2 is 2.00 bits per heavy atom. The van der Waals surface area contributed by atoms with Crippen molar-refractivity contribution in [1.29, 1.82) is 0 Å². The molecule has 1 aromatic rings. The van der Waals surface area contributed by atoms with Crippen LogP contribution in [0.4, 0.5) is 0 Å². The molecule has 0 saturated heterocycles. The first-order valence-corrected chi connectivity index (χ1v) is 5.28. The Bertz CT molecular complexity index is 289. The highest BCUT2D eigenvalue weighted by atomic mass is 16.5. The van der Waals surface area contributed by atoms with Gasteiger partial charge in [-0.2, -0.15) is 0 Å². The van der Waals surface area contributed by atoms with E-state index in [0.29, 0.717) is 18.6 Å². The zero-order valence-corrected chi connectivity index (χ0v) is 9.74. The predicted molar refractivity (Wildman–Crippen MR) is 57.9 cm³/mol. The first kappa shape index (κ1) is 11.1. The van der Waals surface area contributed by atoms with Crippen molar-refractivity contribution in [2.24, 2.45) is 0 Å². The number of hydrogen-bond acceptors (Lipinski definition) is 2. The van der Waals surface area contributed by atoms with Gasteiger partial charge in [0.05, 0.1) is 6.61 Å². The van der Waals surface area contributed by atoms with Crippen LogP contribution in [0.3, 0.4) is 0 Å². The van der Waals surface area contributed by atoms with Gasteiger partial charge in [-0.3, -0.25) is 4.68 Å². The molecule has 0 unspecified atom stereocenters. The van der Waals surface area contributed by atoms with Crippen LogP contribution in [0, 0.1) is 0 Å². The van der Waals surface area contributed by atoms with Crippen molar-refractivity contribution < 1.29 is 4.74 Å². The van der Waals surface area contributed by atoms with Gasteiger partial charge in [-0.15, -0.1) is 5.10 Å². The van der Waals surface area contributed by atoms with Crippen LogP contribution in [-0.2, 0) is 0 Å². The van der Waals surface area contributed by atoms with Gasteiger partial charge in [0.15, 0.2) is 0 Å². The maximum Gasteiger partial charge on any atom is 0.236 e.